The van der Waals surface area contributed by atoms with Gasteiger partial charge in [0.15, 0.2) is 11.6 Å². The van der Waals surface area contributed by atoms with E-state index in [4.69, 9.17) is 9.84 Å². The van der Waals surface area contributed by atoms with Gasteiger partial charge in [-0.1, -0.05) is 12.1 Å². The van der Waals surface area contributed by atoms with E-state index < -0.39 is 0 Å². The van der Waals surface area contributed by atoms with Crippen LogP contribution in [0.3, 0.4) is 0 Å². The Kier molecular flexibility index (Phi) is 5.76. The van der Waals surface area contributed by atoms with Gasteiger partial charge in [0.1, 0.15) is 0 Å². The molecule has 0 saturated carbocycles. The second kappa shape index (κ2) is 7.57. The van der Waals surface area contributed by atoms with Crippen molar-refractivity contribution in [1.29, 1.82) is 0 Å². The first-order chi connectivity index (χ1) is 9.77. The molecule has 2 N–H and O–H groups in total. The average molecular weight is 282 g/mol. The highest BCUT2D eigenvalue weighted by Crippen LogP contribution is 2.31. The van der Waals surface area contributed by atoms with Crippen LogP contribution in [0.15, 0.2) is 18.2 Å². The van der Waals surface area contributed by atoms with Crippen LogP contribution < -0.4 is 10.1 Å². The van der Waals surface area contributed by atoms with Gasteiger partial charge in [-0.2, -0.15) is 0 Å². The summed E-state index contributed by atoms with van der Waals surface area (Å²) < 4.78 is 19.5. The van der Waals surface area contributed by atoms with Gasteiger partial charge in [-0.3, -0.25) is 4.90 Å². The highest BCUT2D eigenvalue weighted by atomic mass is 19.1. The van der Waals surface area contributed by atoms with Crippen LogP contribution in [0.2, 0.25) is 0 Å². The third-order valence-electron chi connectivity index (χ3n) is 3.80. The van der Waals surface area contributed by atoms with Gasteiger partial charge in [-0.05, 0) is 18.9 Å². The van der Waals surface area contributed by atoms with Crippen molar-refractivity contribution in [1.82, 2.24) is 10.2 Å². The summed E-state index contributed by atoms with van der Waals surface area (Å²) >= 11 is 0. The molecule has 0 aliphatic carbocycles. The molecule has 0 spiro atoms. The van der Waals surface area contributed by atoms with Gasteiger partial charge in [0.25, 0.3) is 0 Å². The van der Waals surface area contributed by atoms with Gasteiger partial charge in [0.05, 0.1) is 7.11 Å². The van der Waals surface area contributed by atoms with Gasteiger partial charge < -0.3 is 15.2 Å². The van der Waals surface area contributed by atoms with Crippen molar-refractivity contribution in [3.05, 3.63) is 29.6 Å². The number of hydrogen-bond acceptors (Lipinski definition) is 4. The van der Waals surface area contributed by atoms with E-state index in [-0.39, 0.29) is 24.2 Å². The maximum absolute atomic E-state index is 14.5. The quantitative estimate of drug-likeness (QED) is 0.831. The first-order valence-electron chi connectivity index (χ1n) is 7.16. The second-order valence-electron chi connectivity index (χ2n) is 5.03. The predicted octanol–water partition coefficient (Wildman–Crippen LogP) is 1.55. The van der Waals surface area contributed by atoms with E-state index in [1.807, 2.05) is 12.1 Å². The fraction of sp³-hybridized carbons (Fsp3) is 0.600. The van der Waals surface area contributed by atoms with Crippen LogP contribution in [0.5, 0.6) is 5.75 Å². The summed E-state index contributed by atoms with van der Waals surface area (Å²) in [6, 6.07) is 5.28. The fourth-order valence-electron chi connectivity index (χ4n) is 2.76. The van der Waals surface area contributed by atoms with Gasteiger partial charge in [0.2, 0.25) is 0 Å². The monoisotopic (exact) mass is 282 g/mol. The molecule has 1 aromatic carbocycles. The van der Waals surface area contributed by atoms with Gasteiger partial charge in [0, 0.05) is 44.4 Å². The molecule has 1 aliphatic heterocycles. The summed E-state index contributed by atoms with van der Waals surface area (Å²) in [5, 5.41) is 12.4. The average Bonchev–Trinajstić information content (AvgIpc) is 2.50. The maximum atomic E-state index is 14.5. The molecule has 1 atom stereocenters. The minimum Gasteiger partial charge on any atom is -0.494 e. The Morgan fingerprint density at radius 3 is 2.80 bits per heavy atom. The normalized spacial score (nSPS) is 17.9. The molecule has 0 amide bonds. The molecule has 20 heavy (non-hydrogen) atoms. The molecule has 4 nitrogen and oxygen atoms in total. The Morgan fingerprint density at radius 1 is 1.40 bits per heavy atom. The molecule has 0 aromatic heterocycles. The molecule has 1 fully saturated rings. The van der Waals surface area contributed by atoms with Crippen molar-refractivity contribution in [2.75, 3.05) is 39.9 Å². The molecule has 1 saturated heterocycles. The lowest BCUT2D eigenvalue weighted by Gasteiger charge is -2.35. The molecule has 112 valence electrons. The third-order valence-corrected chi connectivity index (χ3v) is 3.80. The molecule has 0 unspecified atom stereocenters. The van der Waals surface area contributed by atoms with E-state index in [1.165, 1.54) is 7.11 Å². The van der Waals surface area contributed by atoms with Crippen LogP contribution in [-0.2, 0) is 0 Å². The van der Waals surface area contributed by atoms with Crippen LogP contribution in [0.1, 0.15) is 24.4 Å². The molecular formula is C15H23FN2O2. The summed E-state index contributed by atoms with van der Waals surface area (Å²) in [7, 11) is 1.48. The van der Waals surface area contributed by atoms with Crippen molar-refractivity contribution >= 4 is 0 Å². The summed E-state index contributed by atoms with van der Waals surface area (Å²) in [4.78, 5) is 2.28. The minimum absolute atomic E-state index is 0.000602. The van der Waals surface area contributed by atoms with Crippen LogP contribution >= 0.6 is 0 Å². The van der Waals surface area contributed by atoms with Crippen LogP contribution in [0, 0.1) is 5.82 Å². The zero-order valence-electron chi connectivity index (χ0n) is 11.9. The number of rotatable bonds is 6. The van der Waals surface area contributed by atoms with Gasteiger partial charge >= 0.3 is 0 Å². The number of piperazine rings is 1. The Bertz CT molecular complexity index is 422. The summed E-state index contributed by atoms with van der Waals surface area (Å²) in [5.41, 5.74) is 0.666. The SMILES string of the molecule is COc1cccc([C@@H](CCCO)N2CCNCC2)c1F. The van der Waals surface area contributed by atoms with Gasteiger partial charge in [-0.15, -0.1) is 0 Å². The second-order valence-corrected chi connectivity index (χ2v) is 5.03. The van der Waals surface area contributed by atoms with Crippen LogP contribution in [0.25, 0.3) is 0 Å². The third kappa shape index (κ3) is 3.48. The van der Waals surface area contributed by atoms with E-state index in [0.717, 1.165) is 32.6 Å². The van der Waals surface area contributed by atoms with Crippen molar-refractivity contribution in [2.24, 2.45) is 0 Å². The van der Waals surface area contributed by atoms with Crippen molar-refractivity contribution in [2.45, 2.75) is 18.9 Å². The number of hydrogen-bond donors (Lipinski definition) is 2. The summed E-state index contributed by atoms with van der Waals surface area (Å²) in [6.07, 6.45) is 1.42. The molecule has 1 heterocycles. The topological polar surface area (TPSA) is 44.7 Å². The van der Waals surface area contributed by atoms with Crippen molar-refractivity contribution in [3.63, 3.8) is 0 Å². The molecule has 2 rings (SSSR count). The Morgan fingerprint density at radius 2 is 2.15 bits per heavy atom. The number of benzene rings is 1. The first kappa shape index (κ1) is 15.2. The maximum Gasteiger partial charge on any atom is 0.169 e. The summed E-state index contributed by atoms with van der Waals surface area (Å²) in [6.45, 7) is 3.76. The number of nitrogens with zero attached hydrogens (tertiary/aromatic N) is 1. The Hall–Kier alpha value is -1.17. The van der Waals surface area contributed by atoms with E-state index in [9.17, 15) is 4.39 Å². The molecule has 5 heteroatoms. The first-order valence-corrected chi connectivity index (χ1v) is 7.16. The lowest BCUT2D eigenvalue weighted by molar-refractivity contribution is 0.151. The standard InChI is InChI=1S/C15H23FN2O2/c1-20-14-6-2-4-12(15(14)16)13(5-3-11-19)18-9-7-17-8-10-18/h2,4,6,13,17,19H,3,5,7-11H2,1H3/t13-/m1/s1. The largest absolute Gasteiger partial charge is 0.494 e. The van der Waals surface area contributed by atoms with Crippen molar-refractivity contribution in [3.8, 4) is 5.75 Å². The number of methoxy groups -OCH3 is 1. The van der Waals surface area contributed by atoms with Crippen molar-refractivity contribution < 1.29 is 14.2 Å². The molecular weight excluding hydrogens is 259 g/mol. The Labute approximate surface area is 119 Å². The van der Waals surface area contributed by atoms with E-state index in [0.29, 0.717) is 12.0 Å². The zero-order chi connectivity index (χ0) is 14.4. The van der Waals surface area contributed by atoms with E-state index in [2.05, 4.69) is 10.2 Å². The lowest BCUT2D eigenvalue weighted by atomic mass is 9.98. The predicted molar refractivity (Wildman–Crippen MR) is 76.5 cm³/mol. The van der Waals surface area contributed by atoms with Crippen LogP contribution in [-0.4, -0.2) is 49.9 Å². The van der Waals surface area contributed by atoms with Crippen LogP contribution in [0.4, 0.5) is 4.39 Å². The molecule has 1 aliphatic rings. The summed E-state index contributed by atoms with van der Waals surface area (Å²) in [5.74, 6) is 0.00288. The zero-order valence-corrected chi connectivity index (χ0v) is 11.9. The Balaban J connectivity index is 2.25. The number of aliphatic hydroxyl groups is 1. The van der Waals surface area contributed by atoms with E-state index >= 15 is 0 Å². The number of ether oxygens (including phenoxy) is 1. The molecule has 1 aromatic rings. The molecule has 0 radical (unpaired) electrons. The number of nitrogens with one attached hydrogen (secondary N) is 1. The highest BCUT2D eigenvalue weighted by Gasteiger charge is 2.25. The number of aliphatic hydroxyl groups excluding tert-OH is 1. The smallest absolute Gasteiger partial charge is 0.169 e. The highest BCUT2D eigenvalue weighted by molar-refractivity contribution is 5.33. The molecule has 0 bridgehead atoms. The fourth-order valence-corrected chi connectivity index (χ4v) is 2.76. The van der Waals surface area contributed by atoms with Gasteiger partial charge in [-0.25, -0.2) is 4.39 Å². The van der Waals surface area contributed by atoms with E-state index in [1.54, 1.807) is 6.07 Å². The number of halogens is 1. The minimum atomic E-state index is -0.281. The lowest BCUT2D eigenvalue weighted by Crippen LogP contribution is -2.45.